The van der Waals surface area contributed by atoms with Gasteiger partial charge < -0.3 is 14.8 Å². The van der Waals surface area contributed by atoms with Crippen LogP contribution in [-0.2, 0) is 14.3 Å². The third kappa shape index (κ3) is 5.12. The molecule has 2 aromatic rings. The molecule has 2 aromatic carbocycles. The average Bonchev–Trinajstić information content (AvgIpc) is 2.56. The fourth-order valence-corrected chi connectivity index (χ4v) is 2.19. The first-order valence-electron chi connectivity index (χ1n) is 7.70. The molecule has 0 aliphatic carbocycles. The summed E-state index contributed by atoms with van der Waals surface area (Å²) < 4.78 is 10.1. The lowest BCUT2D eigenvalue weighted by Gasteiger charge is -2.07. The van der Waals surface area contributed by atoms with Gasteiger partial charge in [0, 0.05) is 12.1 Å². The van der Waals surface area contributed by atoms with Crippen molar-refractivity contribution in [3.63, 3.8) is 0 Å². The van der Waals surface area contributed by atoms with Crippen molar-refractivity contribution in [3.8, 4) is 5.75 Å². The van der Waals surface area contributed by atoms with Crippen molar-refractivity contribution in [3.05, 3.63) is 48.0 Å². The van der Waals surface area contributed by atoms with Gasteiger partial charge in [0.25, 0.3) is 5.91 Å². The smallest absolute Gasteiger partial charge is 0.331 e. The van der Waals surface area contributed by atoms with Gasteiger partial charge in [-0.1, -0.05) is 18.2 Å². The Morgan fingerprint density at radius 1 is 1.12 bits per heavy atom. The molecule has 0 fully saturated rings. The number of benzene rings is 2. The van der Waals surface area contributed by atoms with Crippen LogP contribution in [0, 0.1) is 0 Å². The Morgan fingerprint density at radius 3 is 2.54 bits per heavy atom. The molecule has 0 saturated heterocycles. The maximum atomic E-state index is 11.6. The van der Waals surface area contributed by atoms with Crippen molar-refractivity contribution in [2.24, 2.45) is 0 Å². The number of esters is 1. The highest BCUT2D eigenvalue weighted by Crippen LogP contribution is 2.22. The first-order valence-corrected chi connectivity index (χ1v) is 7.70. The van der Waals surface area contributed by atoms with Gasteiger partial charge in [-0.2, -0.15) is 0 Å². The van der Waals surface area contributed by atoms with Crippen molar-refractivity contribution >= 4 is 28.7 Å². The summed E-state index contributed by atoms with van der Waals surface area (Å²) in [4.78, 5) is 23.1. The van der Waals surface area contributed by atoms with Crippen LogP contribution in [0.3, 0.4) is 0 Å². The van der Waals surface area contributed by atoms with Crippen molar-refractivity contribution in [2.45, 2.75) is 19.9 Å². The van der Waals surface area contributed by atoms with Crippen LogP contribution in [0.2, 0.25) is 0 Å². The molecule has 0 radical (unpaired) electrons. The van der Waals surface area contributed by atoms with Crippen LogP contribution in [0.25, 0.3) is 16.8 Å². The van der Waals surface area contributed by atoms with Gasteiger partial charge in [-0.3, -0.25) is 4.79 Å². The second-order valence-electron chi connectivity index (χ2n) is 5.64. The fourth-order valence-electron chi connectivity index (χ4n) is 2.19. The fraction of sp³-hybridized carbons (Fsp3) is 0.263. The predicted octanol–water partition coefficient (Wildman–Crippen LogP) is 2.93. The molecule has 0 atom stereocenters. The van der Waals surface area contributed by atoms with Gasteiger partial charge in [-0.25, -0.2) is 4.79 Å². The minimum atomic E-state index is -0.552. The summed E-state index contributed by atoms with van der Waals surface area (Å²) in [5, 5.41) is 4.75. The van der Waals surface area contributed by atoms with E-state index in [1.54, 1.807) is 13.2 Å². The van der Waals surface area contributed by atoms with Crippen LogP contribution < -0.4 is 10.1 Å². The molecule has 0 aromatic heterocycles. The Morgan fingerprint density at radius 2 is 1.83 bits per heavy atom. The zero-order chi connectivity index (χ0) is 17.5. The number of methoxy groups -OCH3 is 1. The number of nitrogens with one attached hydrogen (secondary N) is 1. The van der Waals surface area contributed by atoms with Crippen LogP contribution in [0.15, 0.2) is 42.5 Å². The Bertz CT molecular complexity index is 765. The lowest BCUT2D eigenvalue weighted by molar-refractivity contribution is -0.143. The number of hydrogen-bond acceptors (Lipinski definition) is 4. The number of carbonyl (C=O) groups is 2. The molecule has 2 rings (SSSR count). The highest BCUT2D eigenvalue weighted by atomic mass is 16.5. The number of carbonyl (C=O) groups excluding carboxylic acids is 2. The van der Waals surface area contributed by atoms with Gasteiger partial charge in [-0.05, 0) is 54.5 Å². The van der Waals surface area contributed by atoms with Gasteiger partial charge in [0.15, 0.2) is 6.61 Å². The maximum absolute atomic E-state index is 11.6. The predicted molar refractivity (Wildman–Crippen MR) is 93.8 cm³/mol. The lowest BCUT2D eigenvalue weighted by atomic mass is 10.1. The maximum Gasteiger partial charge on any atom is 0.331 e. The normalized spacial score (nSPS) is 11.0. The summed E-state index contributed by atoms with van der Waals surface area (Å²) >= 11 is 0. The summed E-state index contributed by atoms with van der Waals surface area (Å²) in [6.07, 6.45) is 2.97. The van der Waals surface area contributed by atoms with E-state index >= 15 is 0 Å². The van der Waals surface area contributed by atoms with Crippen molar-refractivity contribution in [1.82, 2.24) is 5.32 Å². The van der Waals surface area contributed by atoms with Gasteiger partial charge in [-0.15, -0.1) is 0 Å². The van der Waals surface area contributed by atoms with E-state index in [-0.39, 0.29) is 18.6 Å². The van der Waals surface area contributed by atoms with E-state index in [4.69, 9.17) is 9.47 Å². The highest BCUT2D eigenvalue weighted by Gasteiger charge is 2.06. The quantitative estimate of drug-likeness (QED) is 0.654. The van der Waals surface area contributed by atoms with Gasteiger partial charge in [0.05, 0.1) is 7.11 Å². The minimum absolute atomic E-state index is 0.0166. The Balaban J connectivity index is 1.97. The molecule has 5 heteroatoms. The second kappa shape index (κ2) is 8.15. The molecule has 126 valence electrons. The summed E-state index contributed by atoms with van der Waals surface area (Å²) in [7, 11) is 1.63. The monoisotopic (exact) mass is 327 g/mol. The molecule has 0 aliphatic heterocycles. The van der Waals surface area contributed by atoms with Gasteiger partial charge >= 0.3 is 5.97 Å². The summed E-state index contributed by atoms with van der Waals surface area (Å²) in [6, 6.07) is 11.6. The van der Waals surface area contributed by atoms with E-state index in [0.717, 1.165) is 22.1 Å². The van der Waals surface area contributed by atoms with E-state index in [1.165, 1.54) is 6.08 Å². The van der Waals surface area contributed by atoms with E-state index in [2.05, 4.69) is 5.32 Å². The number of ether oxygens (including phenoxy) is 2. The minimum Gasteiger partial charge on any atom is -0.497 e. The van der Waals surface area contributed by atoms with Crippen LogP contribution in [0.5, 0.6) is 5.75 Å². The Labute approximate surface area is 141 Å². The summed E-state index contributed by atoms with van der Waals surface area (Å²) in [5.74, 6) is -0.0656. The van der Waals surface area contributed by atoms with Crippen molar-refractivity contribution < 1.29 is 19.1 Å². The third-order valence-electron chi connectivity index (χ3n) is 3.28. The standard InChI is InChI=1S/C19H21NO4/c1-13(2)20-18(21)12-24-19(22)9-5-14-4-6-16-11-17(23-3)8-7-15(16)10-14/h4-11,13H,12H2,1-3H3,(H,20,21)/b9-5+. The number of rotatable bonds is 6. The topological polar surface area (TPSA) is 64.6 Å². The van der Waals surface area contributed by atoms with E-state index in [9.17, 15) is 9.59 Å². The van der Waals surface area contributed by atoms with Crippen molar-refractivity contribution in [2.75, 3.05) is 13.7 Å². The van der Waals surface area contributed by atoms with E-state index in [1.807, 2.05) is 50.2 Å². The Hall–Kier alpha value is -2.82. The molecule has 5 nitrogen and oxygen atoms in total. The van der Waals surface area contributed by atoms with Crippen LogP contribution in [0.4, 0.5) is 0 Å². The largest absolute Gasteiger partial charge is 0.497 e. The number of amides is 1. The molecular formula is C19H21NO4. The molecule has 0 spiro atoms. The van der Waals surface area contributed by atoms with Gasteiger partial charge in [0.2, 0.25) is 0 Å². The SMILES string of the molecule is COc1ccc2cc(/C=C/C(=O)OCC(=O)NC(C)C)ccc2c1. The number of fused-ring (bicyclic) bond motifs is 1. The second-order valence-corrected chi connectivity index (χ2v) is 5.64. The van der Waals surface area contributed by atoms with Crippen LogP contribution >= 0.6 is 0 Å². The molecule has 0 bridgehead atoms. The van der Waals surface area contributed by atoms with Crippen LogP contribution in [-0.4, -0.2) is 31.6 Å². The van der Waals surface area contributed by atoms with Gasteiger partial charge in [0.1, 0.15) is 5.75 Å². The molecular weight excluding hydrogens is 306 g/mol. The summed E-state index contributed by atoms with van der Waals surface area (Å²) in [6.45, 7) is 3.41. The number of hydrogen-bond donors (Lipinski definition) is 1. The molecule has 0 heterocycles. The average molecular weight is 327 g/mol. The molecule has 0 unspecified atom stereocenters. The zero-order valence-corrected chi connectivity index (χ0v) is 14.0. The third-order valence-corrected chi connectivity index (χ3v) is 3.28. The van der Waals surface area contributed by atoms with Crippen molar-refractivity contribution in [1.29, 1.82) is 0 Å². The molecule has 1 amide bonds. The Kier molecular flexibility index (Phi) is 5.95. The first-order chi connectivity index (χ1) is 11.5. The molecule has 24 heavy (non-hydrogen) atoms. The first kappa shape index (κ1) is 17.5. The van der Waals surface area contributed by atoms with E-state index < -0.39 is 5.97 Å². The zero-order valence-electron chi connectivity index (χ0n) is 14.0. The van der Waals surface area contributed by atoms with E-state index in [0.29, 0.717) is 0 Å². The molecule has 0 aliphatic rings. The highest BCUT2D eigenvalue weighted by molar-refractivity contribution is 5.91. The lowest BCUT2D eigenvalue weighted by Crippen LogP contribution is -2.33. The molecule has 1 N–H and O–H groups in total. The summed E-state index contributed by atoms with van der Waals surface area (Å²) in [5.41, 5.74) is 0.872. The molecule has 0 saturated carbocycles. The van der Waals surface area contributed by atoms with Crippen LogP contribution in [0.1, 0.15) is 19.4 Å².